The fourth-order valence-corrected chi connectivity index (χ4v) is 2.24. The maximum atomic E-state index is 9.69. The van der Waals surface area contributed by atoms with Crippen LogP contribution >= 0.6 is 0 Å². The van der Waals surface area contributed by atoms with E-state index >= 15 is 0 Å². The maximum absolute atomic E-state index is 9.69. The quantitative estimate of drug-likeness (QED) is 0.844. The Bertz CT molecular complexity index is 396. The number of fused-ring (bicyclic) bond motifs is 1. The largest absolute Gasteiger partial charge is 0.490 e. The molecule has 0 aromatic heterocycles. The molecule has 0 saturated carbocycles. The Kier molecular flexibility index (Phi) is 3.40. The molecular weight excluding hydrogens is 214 g/mol. The van der Waals surface area contributed by atoms with Crippen molar-refractivity contribution in [1.29, 1.82) is 0 Å². The number of hydrogen-bond donors (Lipinski definition) is 2. The average Bonchev–Trinajstić information content (AvgIpc) is 2.26. The monoisotopic (exact) mass is 235 g/mol. The normalized spacial score (nSPS) is 19.9. The zero-order valence-corrected chi connectivity index (χ0v) is 10.6. The van der Waals surface area contributed by atoms with E-state index in [1.54, 1.807) is 13.8 Å². The van der Waals surface area contributed by atoms with Crippen LogP contribution in [0.5, 0.6) is 5.75 Å². The maximum Gasteiger partial charge on any atom is 0.122 e. The van der Waals surface area contributed by atoms with Gasteiger partial charge in [-0.05, 0) is 50.3 Å². The van der Waals surface area contributed by atoms with Crippen LogP contribution in [0.3, 0.4) is 0 Å². The molecule has 0 aliphatic heterocycles. The highest BCUT2D eigenvalue weighted by atomic mass is 16.5. The molecule has 17 heavy (non-hydrogen) atoms. The molecule has 2 rings (SSSR count). The second kappa shape index (κ2) is 4.67. The first-order valence-corrected chi connectivity index (χ1v) is 6.20. The molecule has 1 atom stereocenters. The average molecular weight is 235 g/mol. The number of ether oxygens (including phenoxy) is 1. The van der Waals surface area contributed by atoms with Crippen molar-refractivity contribution in [1.82, 2.24) is 0 Å². The Balaban J connectivity index is 2.21. The van der Waals surface area contributed by atoms with Crippen LogP contribution in [0.15, 0.2) is 18.2 Å². The molecule has 0 bridgehead atoms. The molecule has 0 amide bonds. The van der Waals surface area contributed by atoms with Crippen molar-refractivity contribution < 1.29 is 9.84 Å². The van der Waals surface area contributed by atoms with Gasteiger partial charge in [0.15, 0.2) is 0 Å². The van der Waals surface area contributed by atoms with Gasteiger partial charge in [0.2, 0.25) is 0 Å². The van der Waals surface area contributed by atoms with E-state index < -0.39 is 5.60 Å². The molecule has 1 unspecified atom stereocenters. The van der Waals surface area contributed by atoms with Gasteiger partial charge < -0.3 is 15.6 Å². The van der Waals surface area contributed by atoms with Crippen LogP contribution in [-0.4, -0.2) is 17.3 Å². The fraction of sp³-hybridized carbons (Fsp3) is 0.571. The van der Waals surface area contributed by atoms with Gasteiger partial charge in [-0.3, -0.25) is 0 Å². The van der Waals surface area contributed by atoms with Gasteiger partial charge in [-0.25, -0.2) is 0 Å². The van der Waals surface area contributed by atoms with E-state index in [-0.39, 0.29) is 6.04 Å². The Morgan fingerprint density at radius 1 is 1.47 bits per heavy atom. The van der Waals surface area contributed by atoms with Gasteiger partial charge in [-0.2, -0.15) is 0 Å². The van der Waals surface area contributed by atoms with Crippen molar-refractivity contribution in [2.24, 2.45) is 5.73 Å². The highest BCUT2D eigenvalue weighted by molar-refractivity contribution is 5.43. The number of aliphatic hydroxyl groups is 1. The van der Waals surface area contributed by atoms with Crippen LogP contribution in [0.4, 0.5) is 0 Å². The van der Waals surface area contributed by atoms with E-state index in [1.165, 1.54) is 11.1 Å². The summed E-state index contributed by atoms with van der Waals surface area (Å²) >= 11 is 0. The highest BCUT2D eigenvalue weighted by Gasteiger charge is 2.21. The molecule has 1 aliphatic rings. The summed E-state index contributed by atoms with van der Waals surface area (Å²) in [5, 5.41) is 9.69. The lowest BCUT2D eigenvalue weighted by atomic mass is 9.87. The minimum atomic E-state index is -0.806. The molecule has 0 heterocycles. The van der Waals surface area contributed by atoms with Crippen LogP contribution in [0, 0.1) is 0 Å². The number of hydrogen-bond acceptors (Lipinski definition) is 3. The molecular formula is C14H21NO2. The summed E-state index contributed by atoms with van der Waals surface area (Å²) in [4.78, 5) is 0. The lowest BCUT2D eigenvalue weighted by Crippen LogP contribution is -2.28. The first kappa shape index (κ1) is 12.4. The van der Waals surface area contributed by atoms with Gasteiger partial charge >= 0.3 is 0 Å². The third-order valence-electron chi connectivity index (χ3n) is 3.09. The summed E-state index contributed by atoms with van der Waals surface area (Å²) in [5.74, 6) is 0.875. The van der Waals surface area contributed by atoms with Crippen LogP contribution in [0.25, 0.3) is 0 Å². The highest BCUT2D eigenvalue weighted by Crippen LogP contribution is 2.34. The second-order valence-electron chi connectivity index (χ2n) is 5.42. The zero-order chi connectivity index (χ0) is 12.5. The summed E-state index contributed by atoms with van der Waals surface area (Å²) in [6.45, 7) is 3.79. The van der Waals surface area contributed by atoms with Gasteiger partial charge in [0, 0.05) is 6.04 Å². The molecule has 3 N–H and O–H groups in total. The van der Waals surface area contributed by atoms with E-state index in [2.05, 4.69) is 6.07 Å². The summed E-state index contributed by atoms with van der Waals surface area (Å²) < 4.78 is 5.71. The van der Waals surface area contributed by atoms with Crippen molar-refractivity contribution in [3.8, 4) is 5.75 Å². The number of rotatable bonds is 3. The Labute approximate surface area is 103 Å². The van der Waals surface area contributed by atoms with Crippen LogP contribution in [0.2, 0.25) is 0 Å². The van der Waals surface area contributed by atoms with Gasteiger partial charge in [0.25, 0.3) is 0 Å². The fourth-order valence-electron chi connectivity index (χ4n) is 2.24. The standard InChI is InChI=1S/C14H21NO2/c1-14(2,16)9-17-13-8-4-5-10-11(13)6-3-7-12(10)15/h4-5,8,12,16H,3,6-7,9,15H2,1-2H3. The van der Waals surface area contributed by atoms with Crippen LogP contribution in [0.1, 0.15) is 43.9 Å². The van der Waals surface area contributed by atoms with Gasteiger partial charge in [0.1, 0.15) is 12.4 Å². The van der Waals surface area contributed by atoms with Crippen molar-refractivity contribution in [2.75, 3.05) is 6.61 Å². The van der Waals surface area contributed by atoms with E-state index in [0.717, 1.165) is 25.0 Å². The second-order valence-corrected chi connectivity index (χ2v) is 5.42. The smallest absolute Gasteiger partial charge is 0.122 e. The summed E-state index contributed by atoms with van der Waals surface area (Å²) in [6, 6.07) is 6.15. The van der Waals surface area contributed by atoms with E-state index in [1.807, 2.05) is 12.1 Å². The molecule has 0 spiro atoms. The lowest BCUT2D eigenvalue weighted by molar-refractivity contribution is 0.0280. The van der Waals surface area contributed by atoms with Gasteiger partial charge in [-0.1, -0.05) is 12.1 Å². The first-order chi connectivity index (χ1) is 7.97. The Morgan fingerprint density at radius 3 is 2.94 bits per heavy atom. The minimum Gasteiger partial charge on any atom is -0.490 e. The SMILES string of the molecule is CC(C)(O)COc1cccc2c1CCCC2N. The summed E-state index contributed by atoms with van der Waals surface area (Å²) in [6.07, 6.45) is 3.17. The number of benzene rings is 1. The predicted octanol–water partition coefficient (Wildman–Crippen LogP) is 2.17. The molecule has 1 aliphatic carbocycles. The van der Waals surface area contributed by atoms with Crippen LogP contribution in [-0.2, 0) is 6.42 Å². The lowest BCUT2D eigenvalue weighted by Gasteiger charge is -2.26. The number of nitrogens with two attached hydrogens (primary N) is 1. The van der Waals surface area contributed by atoms with Gasteiger partial charge in [0.05, 0.1) is 5.60 Å². The minimum absolute atomic E-state index is 0.129. The zero-order valence-electron chi connectivity index (χ0n) is 10.6. The molecule has 0 saturated heterocycles. The van der Waals surface area contributed by atoms with E-state index in [0.29, 0.717) is 6.61 Å². The molecule has 94 valence electrons. The molecule has 3 nitrogen and oxygen atoms in total. The molecule has 1 aromatic rings. The summed E-state index contributed by atoms with van der Waals surface area (Å²) in [5.41, 5.74) is 7.70. The van der Waals surface area contributed by atoms with Crippen molar-refractivity contribution in [2.45, 2.75) is 44.8 Å². The predicted molar refractivity (Wildman–Crippen MR) is 68.1 cm³/mol. The van der Waals surface area contributed by atoms with Crippen molar-refractivity contribution in [3.63, 3.8) is 0 Å². The Morgan fingerprint density at radius 2 is 2.24 bits per heavy atom. The van der Waals surface area contributed by atoms with Crippen molar-refractivity contribution in [3.05, 3.63) is 29.3 Å². The van der Waals surface area contributed by atoms with Crippen LogP contribution < -0.4 is 10.5 Å². The summed E-state index contributed by atoms with van der Waals surface area (Å²) in [7, 11) is 0. The molecule has 3 heteroatoms. The molecule has 1 aromatic carbocycles. The third-order valence-corrected chi connectivity index (χ3v) is 3.09. The van der Waals surface area contributed by atoms with Crippen molar-refractivity contribution >= 4 is 0 Å². The topological polar surface area (TPSA) is 55.5 Å². The molecule has 0 fully saturated rings. The first-order valence-electron chi connectivity index (χ1n) is 6.20. The van der Waals surface area contributed by atoms with E-state index in [9.17, 15) is 5.11 Å². The molecule has 0 radical (unpaired) electrons. The third kappa shape index (κ3) is 2.99. The van der Waals surface area contributed by atoms with Gasteiger partial charge in [-0.15, -0.1) is 0 Å². The van der Waals surface area contributed by atoms with E-state index in [4.69, 9.17) is 10.5 Å². The Hall–Kier alpha value is -1.06.